The first-order chi connectivity index (χ1) is 17.2. The molecule has 35 heavy (non-hydrogen) atoms. The van der Waals surface area contributed by atoms with Gasteiger partial charge in [-0.1, -0.05) is 87.4 Å². The number of hydrogen-bond donors (Lipinski definition) is 0. The van der Waals surface area contributed by atoms with Crippen LogP contribution in [0.15, 0.2) is 97.1 Å². The number of ether oxygens (including phenoxy) is 1. The molecule has 4 aromatic rings. The van der Waals surface area contributed by atoms with Crippen LogP contribution < -0.4 is 20.2 Å². The number of rotatable bonds is 8. The molecule has 1 aliphatic rings. The molecule has 0 aromatic heterocycles. The summed E-state index contributed by atoms with van der Waals surface area (Å²) in [7, 11) is 0.553. The van der Waals surface area contributed by atoms with E-state index in [0.29, 0.717) is 15.2 Å². The molecule has 0 saturated carbocycles. The normalized spacial score (nSPS) is 13.9. The fourth-order valence-corrected chi connectivity index (χ4v) is 6.12. The molecule has 1 atom stereocenters. The average Bonchev–Trinajstić information content (AvgIpc) is 2.91. The van der Waals surface area contributed by atoms with Gasteiger partial charge in [0.15, 0.2) is 0 Å². The van der Waals surface area contributed by atoms with Crippen LogP contribution in [0.1, 0.15) is 41.5 Å². The Hall–Kier alpha value is -3.09. The zero-order valence-electron chi connectivity index (χ0n) is 20.5. The molecule has 178 valence electrons. The molecule has 0 spiro atoms. The van der Waals surface area contributed by atoms with E-state index in [2.05, 4.69) is 103 Å². The van der Waals surface area contributed by atoms with Crippen molar-refractivity contribution in [3.05, 3.63) is 119 Å². The number of benzene rings is 4. The topological polar surface area (TPSA) is 12.5 Å². The maximum Gasteiger partial charge on any atom is 0.127 e. The highest BCUT2D eigenvalue weighted by molar-refractivity contribution is 7.56. The van der Waals surface area contributed by atoms with Gasteiger partial charge in [-0.2, -0.15) is 0 Å². The van der Waals surface area contributed by atoms with Crippen molar-refractivity contribution in [3.63, 3.8) is 0 Å². The predicted molar refractivity (Wildman–Crippen MR) is 151 cm³/mol. The molecule has 0 radical (unpaired) electrons. The molecule has 0 bridgehead atoms. The van der Waals surface area contributed by atoms with Crippen molar-refractivity contribution >= 4 is 24.9 Å². The number of nitrogens with zero attached hydrogens (tertiary/aromatic N) is 1. The highest BCUT2D eigenvalue weighted by Gasteiger charge is 2.17. The summed E-state index contributed by atoms with van der Waals surface area (Å²) in [6, 6.07) is 34.9. The van der Waals surface area contributed by atoms with Gasteiger partial charge in [0.2, 0.25) is 0 Å². The Morgan fingerprint density at radius 1 is 0.686 bits per heavy atom. The van der Waals surface area contributed by atoms with Gasteiger partial charge in [-0.05, 0) is 73.1 Å². The van der Waals surface area contributed by atoms with Gasteiger partial charge in [-0.15, -0.1) is 0 Å². The predicted octanol–water partition coefficient (Wildman–Crippen LogP) is 6.78. The lowest BCUT2D eigenvalue weighted by molar-refractivity contribution is 0.309. The molecule has 0 amide bonds. The molecule has 4 aromatic carbocycles. The van der Waals surface area contributed by atoms with Gasteiger partial charge in [-0.25, -0.2) is 0 Å². The third-order valence-corrected chi connectivity index (χ3v) is 8.00. The van der Waals surface area contributed by atoms with E-state index in [9.17, 15) is 0 Å². The molecule has 0 N–H and O–H groups in total. The maximum atomic E-state index is 6.40. The van der Waals surface area contributed by atoms with E-state index in [1.165, 1.54) is 57.8 Å². The summed E-state index contributed by atoms with van der Waals surface area (Å²) in [5.74, 6) is 0.995. The fraction of sp³-hybridized carbons (Fsp3) is 0.250. The third kappa shape index (κ3) is 6.32. The van der Waals surface area contributed by atoms with Crippen molar-refractivity contribution in [2.45, 2.75) is 39.2 Å². The third-order valence-electron chi connectivity index (χ3n) is 6.65. The summed E-state index contributed by atoms with van der Waals surface area (Å²) >= 11 is 0. The first-order valence-electron chi connectivity index (χ1n) is 12.7. The highest BCUT2D eigenvalue weighted by Crippen LogP contribution is 2.29. The molecular formula is C32H34NOP. The van der Waals surface area contributed by atoms with Crippen molar-refractivity contribution in [3.8, 4) is 5.75 Å². The van der Waals surface area contributed by atoms with Crippen LogP contribution in [0, 0.1) is 6.92 Å². The average molecular weight is 480 g/mol. The number of aryl methyl sites for hydroxylation is 1. The number of hydrogen-bond acceptors (Lipinski definition) is 2. The summed E-state index contributed by atoms with van der Waals surface area (Å²) in [4.78, 5) is 2.59. The zero-order valence-corrected chi connectivity index (χ0v) is 21.5. The van der Waals surface area contributed by atoms with Gasteiger partial charge < -0.3 is 9.64 Å². The molecule has 3 heteroatoms. The fourth-order valence-electron chi connectivity index (χ4n) is 4.77. The Kier molecular flexibility index (Phi) is 7.81. The molecule has 2 nitrogen and oxygen atoms in total. The van der Waals surface area contributed by atoms with Gasteiger partial charge in [0.25, 0.3) is 0 Å². The Labute approximate surface area is 211 Å². The van der Waals surface area contributed by atoms with E-state index in [-0.39, 0.29) is 0 Å². The molecule has 1 saturated heterocycles. The lowest BCUT2D eigenvalue weighted by atomic mass is 10.1. The second-order valence-corrected chi connectivity index (χ2v) is 10.8. The Morgan fingerprint density at radius 2 is 1.40 bits per heavy atom. The van der Waals surface area contributed by atoms with Crippen LogP contribution in [-0.4, -0.2) is 13.1 Å². The van der Waals surface area contributed by atoms with Gasteiger partial charge in [0, 0.05) is 29.4 Å². The summed E-state index contributed by atoms with van der Waals surface area (Å²) in [6.45, 7) is 5.11. The number of piperidine rings is 1. The van der Waals surface area contributed by atoms with Gasteiger partial charge in [-0.3, -0.25) is 0 Å². The zero-order chi connectivity index (χ0) is 23.9. The second-order valence-electron chi connectivity index (χ2n) is 9.46. The SMILES string of the molecule is Cc1ccc(Pc2cc(Cc3ccccc3)ccc2OCc2ccccc2)c(N2CCCCC2)c1. The van der Waals surface area contributed by atoms with Crippen molar-refractivity contribution in [2.75, 3.05) is 18.0 Å². The quantitative estimate of drug-likeness (QED) is 0.258. The first-order valence-corrected chi connectivity index (χ1v) is 13.7. The summed E-state index contributed by atoms with van der Waals surface area (Å²) in [5, 5.41) is 2.70. The van der Waals surface area contributed by atoms with E-state index in [4.69, 9.17) is 4.74 Å². The summed E-state index contributed by atoms with van der Waals surface area (Å²) in [5.41, 5.74) is 6.60. The molecule has 1 aliphatic heterocycles. The van der Waals surface area contributed by atoms with E-state index in [0.717, 1.165) is 25.3 Å². The van der Waals surface area contributed by atoms with Crippen LogP contribution in [0.2, 0.25) is 0 Å². The van der Waals surface area contributed by atoms with Crippen LogP contribution in [0.3, 0.4) is 0 Å². The maximum absolute atomic E-state index is 6.40. The first kappa shape index (κ1) is 23.6. The second kappa shape index (κ2) is 11.6. The van der Waals surface area contributed by atoms with Crippen LogP contribution in [0.25, 0.3) is 0 Å². The Bertz CT molecular complexity index is 1230. The van der Waals surface area contributed by atoms with Crippen molar-refractivity contribution in [1.29, 1.82) is 0 Å². The van der Waals surface area contributed by atoms with Crippen molar-refractivity contribution in [1.82, 2.24) is 0 Å². The minimum atomic E-state index is 0.553. The van der Waals surface area contributed by atoms with Gasteiger partial charge >= 0.3 is 0 Å². The summed E-state index contributed by atoms with van der Waals surface area (Å²) in [6.07, 6.45) is 4.85. The van der Waals surface area contributed by atoms with Crippen molar-refractivity contribution in [2.24, 2.45) is 0 Å². The molecule has 0 aliphatic carbocycles. The lowest BCUT2D eigenvalue weighted by Gasteiger charge is -2.31. The number of anilines is 1. The Balaban J connectivity index is 1.45. The summed E-state index contributed by atoms with van der Waals surface area (Å²) < 4.78 is 6.40. The minimum Gasteiger partial charge on any atom is -0.488 e. The van der Waals surface area contributed by atoms with E-state index >= 15 is 0 Å². The standard InChI is InChI=1S/C32H34NOP/c1-25-15-18-31(29(21-25)33-19-9-4-10-20-33)35-32-23-28(22-26-11-5-2-6-12-26)16-17-30(32)34-24-27-13-7-3-8-14-27/h2-3,5-8,11-18,21,23,35H,4,9-10,19-20,22,24H2,1H3. The smallest absolute Gasteiger partial charge is 0.127 e. The Morgan fingerprint density at radius 3 is 2.14 bits per heavy atom. The van der Waals surface area contributed by atoms with Gasteiger partial charge in [0.1, 0.15) is 12.4 Å². The van der Waals surface area contributed by atoms with Crippen molar-refractivity contribution < 1.29 is 4.74 Å². The minimum absolute atomic E-state index is 0.553. The van der Waals surface area contributed by atoms with E-state index < -0.39 is 0 Å². The van der Waals surface area contributed by atoms with E-state index in [1.807, 2.05) is 6.07 Å². The molecule has 1 heterocycles. The van der Waals surface area contributed by atoms with Gasteiger partial charge in [0.05, 0.1) is 0 Å². The lowest BCUT2D eigenvalue weighted by Crippen LogP contribution is -2.32. The van der Waals surface area contributed by atoms with Crippen LogP contribution in [0.4, 0.5) is 5.69 Å². The largest absolute Gasteiger partial charge is 0.488 e. The monoisotopic (exact) mass is 479 g/mol. The molecule has 1 fully saturated rings. The van der Waals surface area contributed by atoms with E-state index in [1.54, 1.807) is 0 Å². The van der Waals surface area contributed by atoms with Crippen LogP contribution >= 0.6 is 8.58 Å². The molecule has 5 rings (SSSR count). The van der Waals surface area contributed by atoms with Crippen LogP contribution in [0.5, 0.6) is 5.75 Å². The molecule has 1 unspecified atom stereocenters. The van der Waals surface area contributed by atoms with Crippen LogP contribution in [-0.2, 0) is 13.0 Å². The molecular weight excluding hydrogens is 445 g/mol. The highest BCUT2D eigenvalue weighted by atomic mass is 31.1.